The largest absolute Gasteiger partial charge is 0.450 e. The Hall–Kier alpha value is -1.66. The predicted molar refractivity (Wildman–Crippen MR) is 101 cm³/mol. The van der Waals surface area contributed by atoms with Crippen LogP contribution in [0.1, 0.15) is 63.5 Å². The van der Waals surface area contributed by atoms with E-state index in [1.807, 2.05) is 52.8 Å². The number of aliphatic hydroxyl groups excluding tert-OH is 1. The van der Waals surface area contributed by atoms with Gasteiger partial charge in [-0.15, -0.1) is 0 Å². The molecule has 0 bridgehead atoms. The van der Waals surface area contributed by atoms with E-state index in [9.17, 15) is 9.90 Å². The quantitative estimate of drug-likeness (QED) is 0.816. The maximum absolute atomic E-state index is 12.2. The lowest BCUT2D eigenvalue weighted by Crippen LogP contribution is -2.35. The van der Waals surface area contributed by atoms with Crippen LogP contribution in [0.25, 0.3) is 0 Å². The van der Waals surface area contributed by atoms with E-state index >= 15 is 0 Å². The number of amides is 1. The van der Waals surface area contributed by atoms with Crippen LogP contribution in [-0.2, 0) is 4.74 Å². The number of carbonyl (C=O) groups is 1. The number of fused-ring (bicyclic) bond motifs is 1. The molecule has 2 atom stereocenters. The Balaban J connectivity index is 2.40. The number of nitrogens with one attached hydrogen (secondary N) is 1. The number of alkyl carbamates (subject to hydrolysis) is 1. The molecule has 1 aromatic carbocycles. The maximum atomic E-state index is 12.2. The number of aryl methyl sites for hydroxylation is 1. The van der Waals surface area contributed by atoms with E-state index in [1.165, 1.54) is 0 Å². The molecule has 0 saturated heterocycles. The van der Waals surface area contributed by atoms with Crippen LogP contribution in [0.4, 0.5) is 4.79 Å². The molecule has 5 nitrogen and oxygen atoms in total. The Morgan fingerprint density at radius 1 is 1.44 bits per heavy atom. The molecular formula is C19H27NO4S. The van der Waals surface area contributed by atoms with Crippen molar-refractivity contribution in [2.24, 2.45) is 0 Å². The minimum atomic E-state index is -0.665. The van der Waals surface area contributed by atoms with Crippen LogP contribution < -0.4 is 10.1 Å². The summed E-state index contributed by atoms with van der Waals surface area (Å²) >= 11 is 1.55. The molecule has 1 aliphatic heterocycles. The smallest absolute Gasteiger partial charge is 0.408 e. The highest BCUT2D eigenvalue weighted by Crippen LogP contribution is 2.41. The summed E-state index contributed by atoms with van der Waals surface area (Å²) < 4.78 is 11.4. The molecule has 2 rings (SSSR count). The van der Waals surface area contributed by atoms with Gasteiger partial charge in [0.2, 0.25) is 0 Å². The molecule has 0 aliphatic carbocycles. The number of thioether (sulfide) groups is 1. The van der Waals surface area contributed by atoms with Gasteiger partial charge in [-0.1, -0.05) is 24.2 Å². The van der Waals surface area contributed by atoms with E-state index in [1.54, 1.807) is 18.7 Å². The Bertz CT molecular complexity index is 677. The van der Waals surface area contributed by atoms with Gasteiger partial charge in [0.05, 0.1) is 12.1 Å². The first kappa shape index (κ1) is 19.7. The molecule has 2 unspecified atom stereocenters. The van der Waals surface area contributed by atoms with Crippen LogP contribution in [0.5, 0.6) is 5.75 Å². The molecule has 1 heterocycles. The molecule has 1 aromatic rings. The zero-order valence-corrected chi connectivity index (χ0v) is 16.5. The fraction of sp³-hybridized carbons (Fsp3) is 0.526. The predicted octanol–water partition coefficient (Wildman–Crippen LogP) is 4.60. The van der Waals surface area contributed by atoms with E-state index < -0.39 is 17.8 Å². The molecule has 0 aromatic heterocycles. The number of hydrogen-bond acceptors (Lipinski definition) is 5. The lowest BCUT2D eigenvalue weighted by molar-refractivity contribution is 0.0512. The van der Waals surface area contributed by atoms with Gasteiger partial charge in [-0.25, -0.2) is 4.79 Å². The minimum Gasteiger partial charge on any atom is -0.450 e. The first-order valence-corrected chi connectivity index (χ1v) is 9.43. The first-order chi connectivity index (χ1) is 11.6. The third-order valence-corrected chi connectivity index (χ3v) is 4.33. The lowest BCUT2D eigenvalue weighted by atomic mass is 9.95. The van der Waals surface area contributed by atoms with Crippen LogP contribution in [0.2, 0.25) is 0 Å². The van der Waals surface area contributed by atoms with Crippen molar-refractivity contribution in [1.29, 1.82) is 0 Å². The molecule has 0 fully saturated rings. The van der Waals surface area contributed by atoms with Crippen molar-refractivity contribution >= 4 is 17.9 Å². The van der Waals surface area contributed by atoms with Crippen molar-refractivity contribution in [3.63, 3.8) is 0 Å². The summed E-state index contributed by atoms with van der Waals surface area (Å²) in [5.74, 6) is 1.45. The highest BCUT2D eigenvalue weighted by atomic mass is 32.2. The van der Waals surface area contributed by atoms with Crippen molar-refractivity contribution in [1.82, 2.24) is 5.32 Å². The Kier molecular flexibility index (Phi) is 6.06. The summed E-state index contributed by atoms with van der Waals surface area (Å²) in [6.45, 7) is 11.2. The summed E-state index contributed by atoms with van der Waals surface area (Å²) in [7, 11) is 0. The van der Waals surface area contributed by atoms with Crippen LogP contribution in [0.15, 0.2) is 23.3 Å². The Labute approximate surface area is 153 Å². The van der Waals surface area contributed by atoms with Gasteiger partial charge in [0.1, 0.15) is 11.4 Å². The average molecular weight is 365 g/mol. The van der Waals surface area contributed by atoms with Gasteiger partial charge in [0.25, 0.3) is 0 Å². The molecule has 1 amide bonds. The van der Waals surface area contributed by atoms with Gasteiger partial charge in [-0.05, 0) is 58.6 Å². The molecule has 25 heavy (non-hydrogen) atoms. The zero-order chi connectivity index (χ0) is 18.8. The Morgan fingerprint density at radius 2 is 2.12 bits per heavy atom. The van der Waals surface area contributed by atoms with Crippen molar-refractivity contribution in [3.05, 3.63) is 40.0 Å². The monoisotopic (exact) mass is 365 g/mol. The number of hydrogen-bond donors (Lipinski definition) is 2. The van der Waals surface area contributed by atoms with Gasteiger partial charge in [0.15, 0.2) is 5.09 Å². The first-order valence-electron chi connectivity index (χ1n) is 8.45. The second kappa shape index (κ2) is 7.70. The van der Waals surface area contributed by atoms with Gasteiger partial charge >= 0.3 is 6.09 Å². The number of carbonyl (C=O) groups excluding carboxylic acids is 1. The third kappa shape index (κ3) is 5.16. The molecule has 0 spiro atoms. The second-order valence-electron chi connectivity index (χ2n) is 7.09. The summed E-state index contributed by atoms with van der Waals surface area (Å²) in [6.07, 6.45) is 0.732. The zero-order valence-electron chi connectivity index (χ0n) is 15.7. The molecule has 0 radical (unpaired) electrons. The summed E-state index contributed by atoms with van der Waals surface area (Å²) in [6, 6.07) is 3.51. The average Bonchev–Trinajstić information content (AvgIpc) is 2.45. The van der Waals surface area contributed by atoms with E-state index in [4.69, 9.17) is 9.47 Å². The van der Waals surface area contributed by atoms with Gasteiger partial charge < -0.3 is 19.9 Å². The fourth-order valence-corrected chi connectivity index (χ4v) is 3.28. The SMILES string of the molecule is CCSC1=CC(NC(=O)OC(C)(C)C)c2cc(C)cc(C(C)O)c2O1. The fourth-order valence-electron chi connectivity index (χ4n) is 2.62. The van der Waals surface area contributed by atoms with Crippen molar-refractivity contribution in [2.75, 3.05) is 5.75 Å². The Morgan fingerprint density at radius 3 is 2.68 bits per heavy atom. The van der Waals surface area contributed by atoms with Crippen molar-refractivity contribution in [2.45, 2.75) is 59.3 Å². The van der Waals surface area contributed by atoms with Gasteiger partial charge in [0, 0.05) is 11.1 Å². The van der Waals surface area contributed by atoms with Crippen LogP contribution in [0.3, 0.4) is 0 Å². The highest BCUT2D eigenvalue weighted by Gasteiger charge is 2.29. The van der Waals surface area contributed by atoms with Crippen LogP contribution in [0, 0.1) is 6.92 Å². The lowest BCUT2D eigenvalue weighted by Gasteiger charge is -2.29. The maximum Gasteiger partial charge on any atom is 0.408 e. The number of aliphatic hydroxyl groups is 1. The summed E-state index contributed by atoms with van der Waals surface area (Å²) in [4.78, 5) is 12.2. The molecule has 138 valence electrons. The highest BCUT2D eigenvalue weighted by molar-refractivity contribution is 8.02. The van der Waals surface area contributed by atoms with Crippen LogP contribution >= 0.6 is 11.8 Å². The topological polar surface area (TPSA) is 67.8 Å². The molecule has 1 aliphatic rings. The molecule has 0 saturated carbocycles. The van der Waals surface area contributed by atoms with E-state index in [2.05, 4.69) is 5.32 Å². The normalized spacial score (nSPS) is 17.9. The number of rotatable bonds is 4. The molecule has 6 heteroatoms. The van der Waals surface area contributed by atoms with E-state index in [0.717, 1.165) is 16.9 Å². The number of benzene rings is 1. The van der Waals surface area contributed by atoms with Crippen LogP contribution in [-0.4, -0.2) is 22.6 Å². The second-order valence-corrected chi connectivity index (χ2v) is 8.36. The minimum absolute atomic E-state index is 0.370. The molecular weight excluding hydrogens is 338 g/mol. The number of ether oxygens (including phenoxy) is 2. The van der Waals surface area contributed by atoms with Gasteiger partial charge in [-0.3, -0.25) is 0 Å². The van der Waals surface area contributed by atoms with Crippen molar-refractivity contribution in [3.8, 4) is 5.75 Å². The standard InChI is InChI=1S/C19H27NO4S/c1-7-25-16-10-15(20-18(22)24-19(4,5)6)14-9-11(2)8-13(12(3)21)17(14)23-16/h8-10,12,15,21H,7H2,1-6H3,(H,20,22). The van der Waals surface area contributed by atoms with Crippen molar-refractivity contribution < 1.29 is 19.4 Å². The summed E-state index contributed by atoms with van der Waals surface area (Å²) in [5.41, 5.74) is 1.96. The molecule has 2 N–H and O–H groups in total. The van der Waals surface area contributed by atoms with E-state index in [-0.39, 0.29) is 6.04 Å². The third-order valence-electron chi connectivity index (χ3n) is 3.54. The van der Waals surface area contributed by atoms with Gasteiger partial charge in [-0.2, -0.15) is 0 Å². The summed E-state index contributed by atoms with van der Waals surface area (Å²) in [5, 5.41) is 13.7. The van der Waals surface area contributed by atoms with E-state index in [0.29, 0.717) is 16.4 Å².